The monoisotopic (exact) mass is 276 g/mol. The first kappa shape index (κ1) is 12.3. The van der Waals surface area contributed by atoms with Crippen molar-refractivity contribution in [3.8, 4) is 0 Å². The molecule has 1 saturated heterocycles. The van der Waals surface area contributed by atoms with Gasteiger partial charge in [0.05, 0.1) is 0 Å². The van der Waals surface area contributed by atoms with E-state index >= 15 is 0 Å². The average molecular weight is 276 g/mol. The molecule has 102 valence electrons. The van der Waals surface area contributed by atoms with Gasteiger partial charge in [-0.1, -0.05) is 12.2 Å². The van der Waals surface area contributed by atoms with Gasteiger partial charge in [-0.3, -0.25) is 0 Å². The van der Waals surface area contributed by atoms with Crippen LogP contribution >= 0.6 is 0 Å². The second kappa shape index (κ2) is 2.57. The molecule has 2 aliphatic heterocycles. The summed E-state index contributed by atoms with van der Waals surface area (Å²) in [4.78, 5) is 0. The Kier molecular flexibility index (Phi) is 1.75. The first-order valence-corrected chi connectivity index (χ1v) is 5.12. The van der Waals surface area contributed by atoms with Crippen LogP contribution in [0.5, 0.6) is 0 Å². The largest absolute Gasteiger partial charge is 0.359 e. The van der Waals surface area contributed by atoms with E-state index in [1.807, 2.05) is 0 Å². The van der Waals surface area contributed by atoms with Crippen LogP contribution in [0.25, 0.3) is 0 Å². The fourth-order valence-corrected chi connectivity index (χ4v) is 3.08. The lowest BCUT2D eigenvalue weighted by Crippen LogP contribution is -2.62. The van der Waals surface area contributed by atoms with E-state index < -0.39 is 41.1 Å². The lowest BCUT2D eigenvalue weighted by Gasteiger charge is -2.36. The number of fused-ring (bicyclic) bond motifs is 5. The molecule has 0 aromatic heterocycles. The highest BCUT2D eigenvalue weighted by Crippen LogP contribution is 2.74. The topological polar surface area (TPSA) is 9.23 Å². The third kappa shape index (κ3) is 0.722. The second-order valence-corrected chi connectivity index (χ2v) is 4.94. The van der Waals surface area contributed by atoms with Gasteiger partial charge in [0, 0.05) is 0 Å². The van der Waals surface area contributed by atoms with Gasteiger partial charge in [0.1, 0.15) is 12.2 Å². The van der Waals surface area contributed by atoms with Crippen LogP contribution in [0.2, 0.25) is 0 Å². The SMILES string of the molecule is CC1(F)C(F)(F)C(F)(F)C2(F)C3C=CC(O3)C12F. The number of ether oxygens (including phenoxy) is 1. The summed E-state index contributed by atoms with van der Waals surface area (Å²) in [6.07, 6.45) is -2.79. The van der Waals surface area contributed by atoms with Gasteiger partial charge in [-0.25, -0.2) is 13.2 Å². The molecule has 0 amide bonds. The Bertz CT molecular complexity index is 421. The Balaban J connectivity index is 2.35. The second-order valence-electron chi connectivity index (χ2n) is 4.94. The molecule has 1 saturated carbocycles. The first-order chi connectivity index (χ1) is 7.96. The predicted octanol–water partition coefficient (Wildman–Crippen LogP) is 2.75. The van der Waals surface area contributed by atoms with Crippen LogP contribution < -0.4 is 0 Å². The van der Waals surface area contributed by atoms with Crippen LogP contribution in [0.1, 0.15) is 6.92 Å². The Hall–Kier alpha value is -0.790. The maximum atomic E-state index is 14.5. The molecule has 2 heterocycles. The average Bonchev–Trinajstić information content (AvgIpc) is 2.82. The number of alkyl halides is 7. The fraction of sp³-hybridized carbons (Fsp3) is 0.800. The van der Waals surface area contributed by atoms with E-state index in [0.29, 0.717) is 6.08 Å². The van der Waals surface area contributed by atoms with Crippen molar-refractivity contribution in [2.24, 2.45) is 0 Å². The van der Waals surface area contributed by atoms with Gasteiger partial charge in [-0.05, 0) is 6.92 Å². The van der Waals surface area contributed by atoms with Crippen molar-refractivity contribution in [3.63, 3.8) is 0 Å². The van der Waals surface area contributed by atoms with E-state index in [1.165, 1.54) is 0 Å². The van der Waals surface area contributed by atoms with E-state index in [2.05, 4.69) is 4.74 Å². The number of hydrogen-bond donors (Lipinski definition) is 0. The smallest absolute Gasteiger partial charge is 0.353 e. The molecule has 5 unspecified atom stereocenters. The van der Waals surface area contributed by atoms with E-state index in [1.54, 1.807) is 0 Å². The van der Waals surface area contributed by atoms with Crippen molar-refractivity contribution in [3.05, 3.63) is 12.2 Å². The zero-order valence-corrected chi connectivity index (χ0v) is 8.86. The van der Waals surface area contributed by atoms with Crippen molar-refractivity contribution in [1.82, 2.24) is 0 Å². The highest BCUT2D eigenvalue weighted by Gasteiger charge is 3.01. The van der Waals surface area contributed by atoms with Crippen molar-refractivity contribution < 1.29 is 35.5 Å². The molecule has 0 radical (unpaired) electrons. The van der Waals surface area contributed by atoms with E-state index in [4.69, 9.17) is 0 Å². The fourth-order valence-electron chi connectivity index (χ4n) is 3.08. The van der Waals surface area contributed by atoms with E-state index in [0.717, 1.165) is 6.08 Å². The standard InChI is InChI=1S/C10H7F7O/c1-6(11)7(12)4-2-3-5(18-4)8(7,13)10(16,17)9(6,14)15/h2-5H,1H3. The van der Waals surface area contributed by atoms with Gasteiger partial charge in [-0.2, -0.15) is 17.6 Å². The van der Waals surface area contributed by atoms with Gasteiger partial charge >= 0.3 is 11.8 Å². The van der Waals surface area contributed by atoms with Crippen molar-refractivity contribution in [2.45, 2.75) is 48.0 Å². The van der Waals surface area contributed by atoms with Gasteiger partial charge in [0.2, 0.25) is 17.0 Å². The van der Waals surface area contributed by atoms with Gasteiger partial charge in [-0.15, -0.1) is 0 Å². The summed E-state index contributed by atoms with van der Waals surface area (Å²) < 4.78 is 101. The Morgan fingerprint density at radius 1 is 0.778 bits per heavy atom. The third-order valence-corrected chi connectivity index (χ3v) is 4.19. The summed E-state index contributed by atoms with van der Waals surface area (Å²) in [6, 6.07) is 0. The normalized spacial score (nSPS) is 59.1. The van der Waals surface area contributed by atoms with Crippen LogP contribution in [0.4, 0.5) is 30.7 Å². The predicted molar refractivity (Wildman–Crippen MR) is 44.9 cm³/mol. The molecule has 0 aromatic rings. The summed E-state index contributed by atoms with van der Waals surface area (Å²) in [7, 11) is 0. The number of halogens is 7. The molecule has 5 atom stereocenters. The molecule has 18 heavy (non-hydrogen) atoms. The molecule has 3 aliphatic rings. The number of rotatable bonds is 0. The molecular weight excluding hydrogens is 269 g/mol. The molecule has 2 bridgehead atoms. The maximum Gasteiger partial charge on any atom is 0.353 e. The Labute approximate surface area is 96.6 Å². The summed E-state index contributed by atoms with van der Waals surface area (Å²) >= 11 is 0. The van der Waals surface area contributed by atoms with Gasteiger partial charge in [0.15, 0.2) is 0 Å². The lowest BCUT2D eigenvalue weighted by atomic mass is 9.74. The molecule has 2 fully saturated rings. The maximum absolute atomic E-state index is 14.5. The first-order valence-electron chi connectivity index (χ1n) is 5.12. The molecule has 3 rings (SSSR count). The minimum absolute atomic E-state index is 0.0554. The molecule has 0 N–H and O–H groups in total. The molecule has 1 aliphatic carbocycles. The van der Waals surface area contributed by atoms with Crippen molar-refractivity contribution in [1.29, 1.82) is 0 Å². The molecular formula is C10H7F7O. The number of hydrogen-bond acceptors (Lipinski definition) is 1. The summed E-state index contributed by atoms with van der Waals surface area (Å²) in [5.41, 5.74) is -12.9. The van der Waals surface area contributed by atoms with Crippen LogP contribution in [0.15, 0.2) is 12.2 Å². The molecule has 8 heteroatoms. The minimum atomic E-state index is -5.50. The van der Waals surface area contributed by atoms with Gasteiger partial charge < -0.3 is 4.74 Å². The summed E-state index contributed by atoms with van der Waals surface area (Å²) in [5, 5.41) is 0. The quantitative estimate of drug-likeness (QED) is 0.488. The third-order valence-electron chi connectivity index (χ3n) is 4.19. The van der Waals surface area contributed by atoms with Crippen molar-refractivity contribution in [2.75, 3.05) is 0 Å². The summed E-state index contributed by atoms with van der Waals surface area (Å²) in [6.45, 7) is -0.0554. The van der Waals surface area contributed by atoms with Crippen LogP contribution in [0.3, 0.4) is 0 Å². The van der Waals surface area contributed by atoms with E-state index in [9.17, 15) is 30.7 Å². The minimum Gasteiger partial charge on any atom is -0.359 e. The Morgan fingerprint density at radius 3 is 1.67 bits per heavy atom. The zero-order chi connectivity index (χ0) is 13.8. The molecule has 0 spiro atoms. The highest BCUT2D eigenvalue weighted by molar-refractivity contribution is 5.45. The van der Waals surface area contributed by atoms with E-state index in [-0.39, 0.29) is 6.92 Å². The van der Waals surface area contributed by atoms with Crippen LogP contribution in [0, 0.1) is 0 Å². The summed E-state index contributed by atoms with van der Waals surface area (Å²) in [5.74, 6) is -11.0. The highest BCUT2D eigenvalue weighted by atomic mass is 19.3. The van der Waals surface area contributed by atoms with Crippen molar-refractivity contribution >= 4 is 0 Å². The van der Waals surface area contributed by atoms with Crippen LogP contribution in [-0.2, 0) is 4.74 Å². The molecule has 0 aromatic carbocycles. The Morgan fingerprint density at radius 2 is 1.22 bits per heavy atom. The molecule has 1 nitrogen and oxygen atoms in total. The lowest BCUT2D eigenvalue weighted by molar-refractivity contribution is -0.271. The van der Waals surface area contributed by atoms with Crippen LogP contribution in [-0.4, -0.2) is 41.1 Å². The van der Waals surface area contributed by atoms with Gasteiger partial charge in [0.25, 0.3) is 0 Å². The zero-order valence-electron chi connectivity index (χ0n) is 8.86.